The molecule has 2 heterocycles. The van der Waals surface area contributed by atoms with E-state index in [2.05, 4.69) is 26.7 Å². The lowest BCUT2D eigenvalue weighted by molar-refractivity contribution is 0.194. The molecule has 1 aromatic carbocycles. The van der Waals surface area contributed by atoms with Gasteiger partial charge in [-0.15, -0.1) is 0 Å². The quantitative estimate of drug-likeness (QED) is 0.815. The number of rotatable bonds is 6. The topological polar surface area (TPSA) is 82.5 Å². The van der Waals surface area contributed by atoms with E-state index in [9.17, 15) is 8.42 Å². The molecule has 25 heavy (non-hydrogen) atoms. The highest BCUT2D eigenvalue weighted by molar-refractivity contribution is 7.89. The van der Waals surface area contributed by atoms with Crippen LogP contribution >= 0.6 is 0 Å². The normalized spacial score (nSPS) is 19.0. The highest BCUT2D eigenvalue weighted by Crippen LogP contribution is 2.16. The van der Waals surface area contributed by atoms with Gasteiger partial charge in [-0.05, 0) is 36.6 Å². The van der Waals surface area contributed by atoms with Crippen LogP contribution in [-0.2, 0) is 23.2 Å². The molecule has 0 spiro atoms. The predicted molar refractivity (Wildman–Crippen MR) is 95.2 cm³/mol. The molecular weight excluding hydrogens is 338 g/mol. The third-order valence-corrected chi connectivity index (χ3v) is 5.77. The number of piperidine rings is 1. The first-order valence-corrected chi connectivity index (χ1v) is 9.89. The zero-order chi connectivity index (χ0) is 17.7. The second-order valence-electron chi connectivity index (χ2n) is 6.34. The van der Waals surface area contributed by atoms with Gasteiger partial charge in [0.15, 0.2) is 5.03 Å². The summed E-state index contributed by atoms with van der Waals surface area (Å²) in [6, 6.07) is 13.1. The second-order valence-corrected chi connectivity index (χ2v) is 8.00. The van der Waals surface area contributed by atoms with Crippen molar-refractivity contribution in [1.29, 1.82) is 0 Å². The smallest absolute Gasteiger partial charge is 0.258 e. The lowest BCUT2D eigenvalue weighted by Crippen LogP contribution is -2.47. The predicted octanol–water partition coefficient (Wildman–Crippen LogP) is 1.52. The van der Waals surface area contributed by atoms with Crippen LogP contribution in [-0.4, -0.2) is 42.5 Å². The first-order valence-electron chi connectivity index (χ1n) is 8.41. The molecule has 2 N–H and O–H groups in total. The Morgan fingerprint density at radius 2 is 1.96 bits per heavy atom. The van der Waals surface area contributed by atoms with Crippen molar-refractivity contribution in [1.82, 2.24) is 14.6 Å². The Balaban J connectivity index is 1.63. The van der Waals surface area contributed by atoms with E-state index < -0.39 is 10.0 Å². The Hall–Kier alpha value is -1.80. The van der Waals surface area contributed by atoms with Gasteiger partial charge in [-0.2, -0.15) is 0 Å². The standard InChI is InChI=1S/C18H23N3O3S/c22-14-16-8-9-18(19-11-16)25(23,24)20-17-7-4-10-21(13-17)12-15-5-2-1-3-6-15/h1-3,5-6,8-9,11,17,20,22H,4,7,10,12-14H2. The van der Waals surface area contributed by atoms with E-state index >= 15 is 0 Å². The summed E-state index contributed by atoms with van der Waals surface area (Å²) in [6.07, 6.45) is 3.16. The first-order chi connectivity index (χ1) is 12.1. The summed E-state index contributed by atoms with van der Waals surface area (Å²) in [5, 5.41) is 9.02. The third kappa shape index (κ3) is 4.85. The van der Waals surface area contributed by atoms with Gasteiger partial charge >= 0.3 is 0 Å². The van der Waals surface area contributed by atoms with Crippen LogP contribution in [0.2, 0.25) is 0 Å². The van der Waals surface area contributed by atoms with Gasteiger partial charge in [-0.3, -0.25) is 4.90 Å². The van der Waals surface area contributed by atoms with Crippen molar-refractivity contribution in [3.05, 3.63) is 59.8 Å². The lowest BCUT2D eigenvalue weighted by atomic mass is 10.1. The van der Waals surface area contributed by atoms with Gasteiger partial charge in [0.2, 0.25) is 0 Å². The van der Waals surface area contributed by atoms with E-state index in [1.807, 2.05) is 18.2 Å². The van der Waals surface area contributed by atoms with Crippen molar-refractivity contribution in [2.45, 2.75) is 37.1 Å². The van der Waals surface area contributed by atoms with Crippen molar-refractivity contribution < 1.29 is 13.5 Å². The molecule has 1 unspecified atom stereocenters. The molecule has 1 fully saturated rings. The van der Waals surface area contributed by atoms with Gasteiger partial charge in [0.05, 0.1) is 6.61 Å². The van der Waals surface area contributed by atoms with E-state index in [0.717, 1.165) is 25.9 Å². The minimum absolute atomic E-state index is 0.00937. The SMILES string of the molecule is O=S(=O)(NC1CCCN(Cc2ccccc2)C1)c1ccc(CO)cn1. The summed E-state index contributed by atoms with van der Waals surface area (Å²) < 4.78 is 27.8. The third-order valence-electron chi connectivity index (χ3n) is 4.33. The van der Waals surface area contributed by atoms with Gasteiger partial charge < -0.3 is 5.11 Å². The average Bonchev–Trinajstić information content (AvgIpc) is 2.62. The van der Waals surface area contributed by atoms with Crippen LogP contribution in [0.25, 0.3) is 0 Å². The number of likely N-dealkylation sites (tertiary alicyclic amines) is 1. The lowest BCUT2D eigenvalue weighted by Gasteiger charge is -2.32. The van der Waals surface area contributed by atoms with Crippen molar-refractivity contribution in [3.63, 3.8) is 0 Å². The molecule has 0 radical (unpaired) electrons. The Morgan fingerprint density at radius 1 is 1.16 bits per heavy atom. The number of sulfonamides is 1. The van der Waals surface area contributed by atoms with Crippen molar-refractivity contribution in [2.24, 2.45) is 0 Å². The molecule has 1 aliphatic heterocycles. The second kappa shape index (κ2) is 8.05. The molecule has 2 aromatic rings. The van der Waals surface area contributed by atoms with Gasteiger partial charge in [-0.25, -0.2) is 18.1 Å². The molecule has 0 bridgehead atoms. The van der Waals surface area contributed by atoms with Gasteiger partial charge in [-0.1, -0.05) is 36.4 Å². The van der Waals surface area contributed by atoms with Crippen LogP contribution < -0.4 is 4.72 Å². The fourth-order valence-electron chi connectivity index (χ4n) is 3.08. The summed E-state index contributed by atoms with van der Waals surface area (Å²) in [5.41, 5.74) is 1.82. The number of nitrogens with one attached hydrogen (secondary N) is 1. The fraction of sp³-hybridized carbons (Fsp3) is 0.389. The van der Waals surface area contributed by atoms with Gasteiger partial charge in [0.1, 0.15) is 0 Å². The average molecular weight is 361 g/mol. The monoisotopic (exact) mass is 361 g/mol. The van der Waals surface area contributed by atoms with Crippen LogP contribution in [0.5, 0.6) is 0 Å². The molecule has 1 aliphatic rings. The highest BCUT2D eigenvalue weighted by Gasteiger charge is 2.26. The van der Waals surface area contributed by atoms with Crippen LogP contribution in [0, 0.1) is 0 Å². The molecule has 1 aromatic heterocycles. The number of benzene rings is 1. The molecule has 1 saturated heterocycles. The maximum Gasteiger partial charge on any atom is 0.258 e. The summed E-state index contributed by atoms with van der Waals surface area (Å²) in [5.74, 6) is 0. The van der Waals surface area contributed by atoms with Crippen LogP contribution in [0.1, 0.15) is 24.0 Å². The number of aliphatic hydroxyl groups is 1. The van der Waals surface area contributed by atoms with Crippen molar-refractivity contribution >= 4 is 10.0 Å². The maximum absolute atomic E-state index is 12.5. The minimum atomic E-state index is -3.65. The molecular formula is C18H23N3O3S. The van der Waals surface area contributed by atoms with Gasteiger partial charge in [0.25, 0.3) is 10.0 Å². The Kier molecular flexibility index (Phi) is 5.80. The molecule has 0 amide bonds. The molecule has 134 valence electrons. The number of nitrogens with zero attached hydrogens (tertiary/aromatic N) is 2. The molecule has 3 rings (SSSR count). The van der Waals surface area contributed by atoms with E-state index in [1.54, 1.807) is 6.07 Å². The van der Waals surface area contributed by atoms with Gasteiger partial charge in [0, 0.05) is 25.3 Å². The Bertz CT molecular complexity index is 779. The molecule has 1 atom stereocenters. The number of aromatic nitrogens is 1. The highest BCUT2D eigenvalue weighted by atomic mass is 32.2. The number of pyridine rings is 1. The Labute approximate surface area is 148 Å². The maximum atomic E-state index is 12.5. The van der Waals surface area contributed by atoms with E-state index in [4.69, 9.17) is 5.11 Å². The Morgan fingerprint density at radius 3 is 2.64 bits per heavy atom. The van der Waals surface area contributed by atoms with Crippen molar-refractivity contribution in [3.8, 4) is 0 Å². The largest absolute Gasteiger partial charge is 0.392 e. The molecule has 0 aliphatic carbocycles. The van der Waals surface area contributed by atoms with E-state index in [1.165, 1.54) is 17.8 Å². The van der Waals surface area contributed by atoms with Crippen LogP contribution in [0.3, 0.4) is 0 Å². The number of aliphatic hydroxyl groups excluding tert-OH is 1. The molecule has 0 saturated carbocycles. The zero-order valence-electron chi connectivity index (χ0n) is 14.0. The minimum Gasteiger partial charge on any atom is -0.392 e. The fourth-order valence-corrected chi connectivity index (χ4v) is 4.27. The number of hydrogen-bond acceptors (Lipinski definition) is 5. The first kappa shape index (κ1) is 18.0. The van der Waals surface area contributed by atoms with E-state index in [0.29, 0.717) is 12.1 Å². The molecule has 6 nitrogen and oxygen atoms in total. The summed E-state index contributed by atoms with van der Waals surface area (Å²) in [4.78, 5) is 6.22. The summed E-state index contributed by atoms with van der Waals surface area (Å²) in [7, 11) is -3.65. The zero-order valence-corrected chi connectivity index (χ0v) is 14.8. The molecule has 7 heteroatoms. The van der Waals surface area contributed by atoms with Crippen LogP contribution in [0.15, 0.2) is 53.7 Å². The van der Waals surface area contributed by atoms with Crippen molar-refractivity contribution in [2.75, 3.05) is 13.1 Å². The van der Waals surface area contributed by atoms with E-state index in [-0.39, 0.29) is 17.7 Å². The van der Waals surface area contributed by atoms with Crippen LogP contribution in [0.4, 0.5) is 0 Å². The summed E-state index contributed by atoms with van der Waals surface area (Å²) >= 11 is 0. The number of hydrogen-bond donors (Lipinski definition) is 2. The summed E-state index contributed by atoms with van der Waals surface area (Å²) in [6.45, 7) is 2.32.